The Bertz CT molecular complexity index is 4270. The second-order valence-corrected chi connectivity index (χ2v) is 18.0. The molecule has 0 saturated heterocycles. The fourth-order valence-electron chi connectivity index (χ4n) is 11.2. The van der Waals surface area contributed by atoms with Crippen molar-refractivity contribution in [1.29, 1.82) is 0 Å². The minimum atomic E-state index is 0.791. The topological polar surface area (TPSA) is 24.9 Å². The van der Waals surface area contributed by atoms with Crippen molar-refractivity contribution < 1.29 is 9.47 Å². The van der Waals surface area contributed by atoms with Gasteiger partial charge in [0.05, 0.1) is 22.7 Å². The van der Waals surface area contributed by atoms with Crippen molar-refractivity contribution >= 4 is 110 Å². The Morgan fingerprint density at radius 3 is 1.32 bits per heavy atom. The highest BCUT2D eigenvalue weighted by Crippen LogP contribution is 2.57. The van der Waals surface area contributed by atoms with E-state index in [1.54, 1.807) is 0 Å². The monoisotopic (exact) mass is 866 g/mol. The molecule has 68 heavy (non-hydrogen) atoms. The Kier molecular flexibility index (Phi) is 7.75. The zero-order valence-electron chi connectivity index (χ0n) is 36.7. The summed E-state index contributed by atoms with van der Waals surface area (Å²) in [5, 5.41) is 16.8. The minimum absolute atomic E-state index is 0.791. The van der Waals surface area contributed by atoms with Gasteiger partial charge in [0, 0.05) is 22.1 Å². The van der Waals surface area contributed by atoms with E-state index in [-0.39, 0.29) is 0 Å². The van der Waals surface area contributed by atoms with E-state index in [0.29, 0.717) is 0 Å². The summed E-state index contributed by atoms with van der Waals surface area (Å²) in [6, 6.07) is 83.3. The minimum Gasteiger partial charge on any atom is -0.452 e. The number of rotatable bonds is 3. The molecule has 0 atom stereocenters. The van der Waals surface area contributed by atoms with Gasteiger partial charge in [-0.25, -0.2) is 0 Å². The van der Waals surface area contributed by atoms with Crippen molar-refractivity contribution in [2.45, 2.75) is 0 Å². The predicted octanol–water partition coefficient (Wildman–Crippen LogP) is 18.6. The lowest BCUT2D eigenvalue weighted by molar-refractivity contribution is 0.482. The molecule has 0 radical (unpaired) electrons. The van der Waals surface area contributed by atoms with Crippen LogP contribution in [-0.4, -0.2) is 0 Å². The summed E-state index contributed by atoms with van der Waals surface area (Å²) < 4.78 is 14.0. The molecule has 0 aliphatic carbocycles. The molecule has 0 amide bonds. The van der Waals surface area contributed by atoms with Gasteiger partial charge < -0.3 is 19.3 Å². The highest BCUT2D eigenvalue weighted by Gasteiger charge is 2.31. The third-order valence-corrected chi connectivity index (χ3v) is 14.3. The molecule has 4 heteroatoms. The summed E-state index contributed by atoms with van der Waals surface area (Å²) in [5.41, 5.74) is 8.19. The molecular formula is C64H38N2O2. The Labute approximate surface area is 391 Å². The molecule has 13 aromatic rings. The second kappa shape index (κ2) is 14.2. The molecule has 0 aromatic heterocycles. The summed E-state index contributed by atoms with van der Waals surface area (Å²) in [6.07, 6.45) is 0. The van der Waals surface area contributed by atoms with Crippen LogP contribution in [0.25, 0.3) is 86.5 Å². The molecule has 13 aromatic carbocycles. The van der Waals surface area contributed by atoms with Gasteiger partial charge in [-0.2, -0.15) is 0 Å². The van der Waals surface area contributed by atoms with Crippen molar-refractivity contribution in [3.8, 4) is 34.1 Å². The molecule has 0 bridgehead atoms. The summed E-state index contributed by atoms with van der Waals surface area (Å²) in [7, 11) is 0. The fourth-order valence-corrected chi connectivity index (χ4v) is 11.2. The van der Waals surface area contributed by atoms with Crippen LogP contribution >= 0.6 is 0 Å². The highest BCUT2D eigenvalue weighted by molar-refractivity contribution is 6.26. The van der Waals surface area contributed by atoms with E-state index in [1.165, 1.54) is 53.9 Å². The highest BCUT2D eigenvalue weighted by atomic mass is 16.5. The van der Waals surface area contributed by atoms with Crippen molar-refractivity contribution in [2.24, 2.45) is 0 Å². The lowest BCUT2D eigenvalue weighted by Gasteiger charge is -2.35. The first kappa shape index (κ1) is 37.1. The normalized spacial score (nSPS) is 12.9. The summed E-state index contributed by atoms with van der Waals surface area (Å²) in [5.74, 6) is 3.28. The standard InChI is InChI=1S/C64H38N2O2/c1-4-14-47-39(11-1)21-22-44-35-45(27-29-48(44)47)66-59-33-24-40-12-2-5-15-49(40)63(59)67-61-34-26-42(36-60(61)66)43-25-31-57-62(37-43)68-64-50-16-6-3-13-41(50)23-32-58(64)65(57)46-28-30-55-53-19-8-7-17-51(53)52-18-9-10-20-54(52)56(55)38-46/h1-38H. The van der Waals surface area contributed by atoms with Crippen LogP contribution in [0.15, 0.2) is 231 Å². The number of ether oxygens (including phenoxy) is 2. The molecule has 0 saturated carbocycles. The van der Waals surface area contributed by atoms with E-state index >= 15 is 0 Å². The molecule has 15 rings (SSSR count). The lowest BCUT2D eigenvalue weighted by atomic mass is 9.93. The number of benzene rings is 13. The van der Waals surface area contributed by atoms with Crippen molar-refractivity contribution in [2.75, 3.05) is 9.80 Å². The van der Waals surface area contributed by atoms with E-state index in [9.17, 15) is 0 Å². The van der Waals surface area contributed by atoms with Gasteiger partial charge in [-0.05, 0) is 136 Å². The van der Waals surface area contributed by atoms with Crippen LogP contribution in [0.2, 0.25) is 0 Å². The second-order valence-electron chi connectivity index (χ2n) is 18.0. The Hall–Kier alpha value is -9.12. The maximum absolute atomic E-state index is 7.11. The molecular weight excluding hydrogens is 829 g/mol. The molecule has 0 fully saturated rings. The van der Waals surface area contributed by atoms with E-state index < -0.39 is 0 Å². The summed E-state index contributed by atoms with van der Waals surface area (Å²) in [6.45, 7) is 0. The first-order valence-corrected chi connectivity index (χ1v) is 23.2. The first-order chi connectivity index (χ1) is 33.7. The van der Waals surface area contributed by atoms with E-state index in [0.717, 1.165) is 89.8 Å². The van der Waals surface area contributed by atoms with Gasteiger partial charge in [-0.1, -0.05) is 170 Å². The van der Waals surface area contributed by atoms with Crippen molar-refractivity contribution in [3.05, 3.63) is 231 Å². The molecule has 316 valence electrons. The third kappa shape index (κ3) is 5.43. The van der Waals surface area contributed by atoms with Gasteiger partial charge in [0.15, 0.2) is 23.0 Å². The average molecular weight is 867 g/mol. The molecule has 0 unspecified atom stereocenters. The van der Waals surface area contributed by atoms with Gasteiger partial charge in [-0.3, -0.25) is 0 Å². The van der Waals surface area contributed by atoms with Crippen molar-refractivity contribution in [1.82, 2.24) is 0 Å². The van der Waals surface area contributed by atoms with Crippen LogP contribution in [-0.2, 0) is 0 Å². The Balaban J connectivity index is 0.902. The van der Waals surface area contributed by atoms with Crippen LogP contribution in [0, 0.1) is 0 Å². The third-order valence-electron chi connectivity index (χ3n) is 14.3. The van der Waals surface area contributed by atoms with Crippen LogP contribution in [0.1, 0.15) is 0 Å². The largest absolute Gasteiger partial charge is 0.452 e. The van der Waals surface area contributed by atoms with Crippen LogP contribution < -0.4 is 19.3 Å². The maximum Gasteiger partial charge on any atom is 0.159 e. The Morgan fingerprint density at radius 1 is 0.235 bits per heavy atom. The molecule has 0 spiro atoms. The zero-order chi connectivity index (χ0) is 44.5. The number of nitrogens with zero attached hydrogens (tertiary/aromatic N) is 2. The van der Waals surface area contributed by atoms with Gasteiger partial charge in [-0.15, -0.1) is 0 Å². The van der Waals surface area contributed by atoms with Gasteiger partial charge in [0.25, 0.3) is 0 Å². The predicted molar refractivity (Wildman–Crippen MR) is 284 cm³/mol. The van der Waals surface area contributed by atoms with Crippen molar-refractivity contribution in [3.63, 3.8) is 0 Å². The van der Waals surface area contributed by atoms with Crippen LogP contribution in [0.4, 0.5) is 34.1 Å². The number of hydrogen-bond donors (Lipinski definition) is 0. The van der Waals surface area contributed by atoms with E-state index in [4.69, 9.17) is 9.47 Å². The zero-order valence-corrected chi connectivity index (χ0v) is 36.7. The molecule has 2 heterocycles. The number of anilines is 6. The average Bonchev–Trinajstić information content (AvgIpc) is 3.41. The van der Waals surface area contributed by atoms with E-state index in [2.05, 4.69) is 240 Å². The summed E-state index contributed by atoms with van der Waals surface area (Å²) >= 11 is 0. The number of fused-ring (bicyclic) bond motifs is 17. The Morgan fingerprint density at radius 2 is 0.662 bits per heavy atom. The van der Waals surface area contributed by atoms with Gasteiger partial charge in [0.2, 0.25) is 0 Å². The molecule has 2 aliphatic rings. The first-order valence-electron chi connectivity index (χ1n) is 23.2. The van der Waals surface area contributed by atoms with Gasteiger partial charge >= 0.3 is 0 Å². The maximum atomic E-state index is 7.11. The molecule has 0 N–H and O–H groups in total. The summed E-state index contributed by atoms with van der Waals surface area (Å²) in [4.78, 5) is 4.74. The molecule has 2 aliphatic heterocycles. The molecule has 4 nitrogen and oxygen atoms in total. The number of hydrogen-bond acceptors (Lipinski definition) is 4. The smallest absolute Gasteiger partial charge is 0.159 e. The lowest BCUT2D eigenvalue weighted by Crippen LogP contribution is -2.16. The van der Waals surface area contributed by atoms with Crippen LogP contribution in [0.5, 0.6) is 23.0 Å². The quantitative estimate of drug-likeness (QED) is 0.165. The van der Waals surface area contributed by atoms with Crippen LogP contribution in [0.3, 0.4) is 0 Å². The fraction of sp³-hybridized carbons (Fsp3) is 0. The van der Waals surface area contributed by atoms with Gasteiger partial charge in [0.1, 0.15) is 0 Å². The SMILES string of the molecule is c1ccc2c3c(ccc2c1)N(c1ccc2c4ccccc4c4ccccc4c2c1)c1ccc(-c2ccc4c(c2)N(c2ccc5c(ccc6ccccc65)c2)c2ccc5ccccc5c2O4)cc1O3. The van der Waals surface area contributed by atoms with E-state index in [1.807, 2.05) is 0 Å².